The van der Waals surface area contributed by atoms with Crippen molar-refractivity contribution in [3.63, 3.8) is 0 Å². The van der Waals surface area contributed by atoms with E-state index < -0.39 is 5.97 Å². The van der Waals surface area contributed by atoms with Gasteiger partial charge in [-0.1, -0.05) is 95.2 Å². The average molecular weight is 545 g/mol. The van der Waals surface area contributed by atoms with Crippen molar-refractivity contribution in [1.29, 1.82) is 0 Å². The zero-order valence-corrected chi connectivity index (χ0v) is 21.8. The highest BCUT2D eigenvalue weighted by Crippen LogP contribution is 2.44. The quantitative estimate of drug-likeness (QED) is 0.143. The van der Waals surface area contributed by atoms with Gasteiger partial charge >= 0.3 is 5.97 Å². The first-order chi connectivity index (χ1) is 15.5. The molecule has 2 aromatic carbocycles. The number of para-hydroxylation sites is 1. The summed E-state index contributed by atoms with van der Waals surface area (Å²) in [7, 11) is 0. The lowest BCUT2D eigenvalue weighted by molar-refractivity contribution is 0.0514. The van der Waals surface area contributed by atoms with Crippen LogP contribution in [0.1, 0.15) is 47.6 Å². The summed E-state index contributed by atoms with van der Waals surface area (Å²) in [6.07, 6.45) is 1.47. The third-order valence-corrected chi connectivity index (χ3v) is 7.83. The summed E-state index contributed by atoms with van der Waals surface area (Å²) < 4.78 is 2.21. The third-order valence-electron chi connectivity index (χ3n) is 5.56. The molecule has 0 aliphatic heterocycles. The van der Waals surface area contributed by atoms with E-state index in [0.29, 0.717) is 12.1 Å². The monoisotopic (exact) mass is 542 g/mol. The number of aryl methyl sites for hydroxylation is 1. The Hall–Kier alpha value is -1.69. The number of carbonyl (C=O) groups is 1. The lowest BCUT2D eigenvalue weighted by Gasteiger charge is -2.31. The molecule has 1 heterocycles. The fourth-order valence-corrected chi connectivity index (χ4v) is 5.42. The SMILES string of the molecule is Cc1cc2c(n1-c1ccccc1)CC(C)(C)C/C2=N\OC(=O)c1c(Cl)c(Cl)c(Cl)c(Cl)c1Cl. The Morgan fingerprint density at radius 3 is 2.12 bits per heavy atom. The van der Waals surface area contributed by atoms with Crippen molar-refractivity contribution in [2.45, 2.75) is 33.6 Å². The van der Waals surface area contributed by atoms with Gasteiger partial charge in [-0.2, -0.15) is 0 Å². The third kappa shape index (κ3) is 4.52. The van der Waals surface area contributed by atoms with Crippen LogP contribution >= 0.6 is 58.0 Å². The van der Waals surface area contributed by atoms with Crippen LogP contribution in [0, 0.1) is 12.3 Å². The van der Waals surface area contributed by atoms with Crippen molar-refractivity contribution in [3.8, 4) is 5.69 Å². The standard InChI is InChI=1S/C24H19Cl5N2O2/c1-12-9-14-15(10-24(2,3)11-16(14)31(12)13-7-5-4-6-8-13)30-33-23(32)17-18(25)20(27)22(29)21(28)19(17)26/h4-9H,10-11H2,1-3H3/b30-15+. The molecule has 4 rings (SSSR count). The van der Waals surface area contributed by atoms with Crippen LogP contribution in [0.4, 0.5) is 0 Å². The number of hydrogen-bond donors (Lipinski definition) is 0. The molecule has 0 unspecified atom stereocenters. The Bertz CT molecular complexity index is 1270. The molecule has 1 aliphatic rings. The lowest BCUT2D eigenvalue weighted by atomic mass is 9.76. The van der Waals surface area contributed by atoms with E-state index >= 15 is 0 Å². The number of benzene rings is 2. The van der Waals surface area contributed by atoms with Gasteiger partial charge < -0.3 is 9.40 Å². The Morgan fingerprint density at radius 1 is 0.939 bits per heavy atom. The molecule has 172 valence electrons. The van der Waals surface area contributed by atoms with E-state index in [-0.39, 0.29) is 36.1 Å². The second-order valence-corrected chi connectivity index (χ2v) is 10.6. The van der Waals surface area contributed by atoms with E-state index in [0.717, 1.165) is 29.1 Å². The van der Waals surface area contributed by atoms with Gasteiger partial charge in [0, 0.05) is 22.6 Å². The Kier molecular flexibility index (Phi) is 6.78. The van der Waals surface area contributed by atoms with Crippen LogP contribution in [0.3, 0.4) is 0 Å². The van der Waals surface area contributed by atoms with Crippen molar-refractivity contribution >= 4 is 69.7 Å². The molecule has 0 fully saturated rings. The van der Waals surface area contributed by atoms with Crippen molar-refractivity contribution in [3.05, 3.63) is 84.0 Å². The highest BCUT2D eigenvalue weighted by molar-refractivity contribution is 6.56. The molecule has 0 saturated carbocycles. The first kappa shape index (κ1) is 24.4. The number of halogens is 5. The summed E-state index contributed by atoms with van der Waals surface area (Å²) in [5, 5.41) is 3.75. The highest BCUT2D eigenvalue weighted by atomic mass is 35.5. The predicted molar refractivity (Wildman–Crippen MR) is 136 cm³/mol. The molecular formula is C24H19Cl5N2O2. The predicted octanol–water partition coefficient (Wildman–Crippen LogP) is 8.59. The molecular weight excluding hydrogens is 526 g/mol. The molecule has 3 aromatic rings. The highest BCUT2D eigenvalue weighted by Gasteiger charge is 2.34. The van der Waals surface area contributed by atoms with Gasteiger partial charge in [-0.05, 0) is 43.4 Å². The van der Waals surface area contributed by atoms with E-state index in [1.807, 2.05) is 25.1 Å². The van der Waals surface area contributed by atoms with E-state index in [1.54, 1.807) is 0 Å². The van der Waals surface area contributed by atoms with E-state index in [1.165, 1.54) is 0 Å². The Labute approximate surface area is 217 Å². The number of fused-ring (bicyclic) bond motifs is 1. The second-order valence-electron chi connectivity index (χ2n) is 8.70. The Morgan fingerprint density at radius 2 is 1.52 bits per heavy atom. The normalized spacial score (nSPS) is 16.1. The number of oxime groups is 1. The number of aromatic nitrogens is 1. The number of carbonyl (C=O) groups excluding carboxylic acids is 1. The van der Waals surface area contributed by atoms with Gasteiger partial charge in [0.15, 0.2) is 0 Å². The molecule has 0 radical (unpaired) electrons. The van der Waals surface area contributed by atoms with Crippen LogP contribution in [-0.4, -0.2) is 16.2 Å². The van der Waals surface area contributed by atoms with Crippen molar-refractivity contribution in [2.75, 3.05) is 0 Å². The molecule has 0 bridgehead atoms. The topological polar surface area (TPSA) is 43.6 Å². The van der Waals surface area contributed by atoms with Crippen LogP contribution in [0.5, 0.6) is 0 Å². The van der Waals surface area contributed by atoms with Crippen LogP contribution in [0.25, 0.3) is 5.69 Å². The maximum absolute atomic E-state index is 12.8. The maximum atomic E-state index is 12.8. The number of nitrogens with zero attached hydrogens (tertiary/aromatic N) is 2. The minimum Gasteiger partial charge on any atom is -0.318 e. The molecule has 1 aliphatic carbocycles. The van der Waals surface area contributed by atoms with E-state index in [4.69, 9.17) is 62.8 Å². The van der Waals surface area contributed by atoms with Crippen molar-refractivity contribution < 1.29 is 9.63 Å². The van der Waals surface area contributed by atoms with Crippen molar-refractivity contribution in [2.24, 2.45) is 10.6 Å². The summed E-state index contributed by atoms with van der Waals surface area (Å²) in [5.41, 5.74) is 4.55. The van der Waals surface area contributed by atoms with E-state index in [9.17, 15) is 4.79 Å². The molecule has 33 heavy (non-hydrogen) atoms. The zero-order valence-electron chi connectivity index (χ0n) is 18.0. The molecule has 0 amide bonds. The van der Waals surface area contributed by atoms with Gasteiger partial charge in [-0.15, -0.1) is 0 Å². The summed E-state index contributed by atoms with van der Waals surface area (Å²) in [5.74, 6) is -0.873. The van der Waals surface area contributed by atoms with Gasteiger partial charge in [0.05, 0.1) is 30.8 Å². The van der Waals surface area contributed by atoms with Gasteiger partial charge in [-0.25, -0.2) is 4.79 Å². The van der Waals surface area contributed by atoms with Gasteiger partial charge in [0.1, 0.15) is 5.56 Å². The lowest BCUT2D eigenvalue weighted by Crippen LogP contribution is -2.28. The minimum atomic E-state index is -0.873. The zero-order chi connectivity index (χ0) is 24.1. The largest absolute Gasteiger partial charge is 0.368 e. The fourth-order valence-electron chi connectivity index (χ4n) is 4.12. The van der Waals surface area contributed by atoms with Gasteiger partial charge in [0.2, 0.25) is 0 Å². The summed E-state index contributed by atoms with van der Waals surface area (Å²) in [6, 6.07) is 12.2. The first-order valence-corrected chi connectivity index (χ1v) is 12.0. The molecule has 0 saturated heterocycles. The molecule has 0 spiro atoms. The summed E-state index contributed by atoms with van der Waals surface area (Å²) in [6.45, 7) is 6.34. The summed E-state index contributed by atoms with van der Waals surface area (Å²) >= 11 is 30.6. The van der Waals surface area contributed by atoms with Crippen molar-refractivity contribution in [1.82, 2.24) is 4.57 Å². The molecule has 0 atom stereocenters. The van der Waals surface area contributed by atoms with Crippen LogP contribution in [0.15, 0.2) is 41.6 Å². The summed E-state index contributed by atoms with van der Waals surface area (Å²) in [4.78, 5) is 18.1. The average Bonchev–Trinajstić information content (AvgIpc) is 3.10. The van der Waals surface area contributed by atoms with Crippen LogP contribution in [0.2, 0.25) is 25.1 Å². The molecule has 0 N–H and O–H groups in total. The van der Waals surface area contributed by atoms with Crippen LogP contribution in [-0.2, 0) is 11.3 Å². The fraction of sp³-hybridized carbons (Fsp3) is 0.250. The van der Waals surface area contributed by atoms with E-state index in [2.05, 4.69) is 41.8 Å². The number of hydrogen-bond acceptors (Lipinski definition) is 3. The molecule has 1 aromatic heterocycles. The minimum absolute atomic E-state index is 0.0346. The maximum Gasteiger partial charge on any atom is 0.368 e. The van der Waals surface area contributed by atoms with Gasteiger partial charge in [0.25, 0.3) is 0 Å². The van der Waals surface area contributed by atoms with Gasteiger partial charge in [-0.3, -0.25) is 0 Å². The number of rotatable bonds is 3. The Balaban J connectivity index is 1.75. The first-order valence-electron chi connectivity index (χ1n) is 10.1. The van der Waals surface area contributed by atoms with Crippen LogP contribution < -0.4 is 0 Å². The smallest absolute Gasteiger partial charge is 0.318 e. The molecule has 4 nitrogen and oxygen atoms in total. The molecule has 9 heteroatoms. The second kappa shape index (κ2) is 9.16.